The first-order valence-electron chi connectivity index (χ1n) is 7.54. The van der Waals surface area contributed by atoms with Crippen molar-refractivity contribution in [3.05, 3.63) is 17.5 Å². The lowest BCUT2D eigenvalue weighted by Crippen LogP contribution is -2.42. The van der Waals surface area contributed by atoms with Crippen molar-refractivity contribution in [2.75, 3.05) is 18.1 Å². The van der Waals surface area contributed by atoms with Gasteiger partial charge >= 0.3 is 0 Å². The van der Waals surface area contributed by atoms with Gasteiger partial charge in [0.25, 0.3) is 5.91 Å². The van der Waals surface area contributed by atoms with Gasteiger partial charge in [-0.25, -0.2) is 0 Å². The number of aryl methyl sites for hydroxylation is 1. The summed E-state index contributed by atoms with van der Waals surface area (Å²) < 4.78 is 5.16. The summed E-state index contributed by atoms with van der Waals surface area (Å²) in [7, 11) is 0. The zero-order chi connectivity index (χ0) is 14.4. The van der Waals surface area contributed by atoms with E-state index >= 15 is 0 Å². The third-order valence-corrected chi connectivity index (χ3v) is 4.68. The molecule has 1 aliphatic rings. The smallest absolute Gasteiger partial charge is 0.292 e. The Morgan fingerprint density at radius 2 is 2.20 bits per heavy atom. The van der Waals surface area contributed by atoms with Crippen LogP contribution in [0.15, 0.2) is 10.6 Å². The first-order valence-corrected chi connectivity index (χ1v) is 8.70. The third-order valence-electron chi connectivity index (χ3n) is 3.80. The van der Waals surface area contributed by atoms with Gasteiger partial charge in [0.05, 0.1) is 5.69 Å². The SMILES string of the molecule is CCSCCN(C(=O)c1cc(C)no1)C1CCCCC1. The van der Waals surface area contributed by atoms with Gasteiger partial charge < -0.3 is 9.42 Å². The van der Waals surface area contributed by atoms with Crippen molar-refractivity contribution in [1.82, 2.24) is 10.1 Å². The van der Waals surface area contributed by atoms with Crippen molar-refractivity contribution in [1.29, 1.82) is 0 Å². The third kappa shape index (κ3) is 4.01. The summed E-state index contributed by atoms with van der Waals surface area (Å²) in [6.45, 7) is 4.80. The van der Waals surface area contributed by atoms with Crippen LogP contribution in [0.5, 0.6) is 0 Å². The normalized spacial score (nSPS) is 16.3. The van der Waals surface area contributed by atoms with Crippen molar-refractivity contribution >= 4 is 17.7 Å². The van der Waals surface area contributed by atoms with E-state index in [4.69, 9.17) is 4.52 Å². The molecule has 2 rings (SSSR count). The van der Waals surface area contributed by atoms with Gasteiger partial charge in [-0.3, -0.25) is 4.79 Å². The number of aromatic nitrogens is 1. The van der Waals surface area contributed by atoms with E-state index in [9.17, 15) is 4.79 Å². The number of amides is 1. The Labute approximate surface area is 125 Å². The van der Waals surface area contributed by atoms with Gasteiger partial charge in [-0.15, -0.1) is 0 Å². The molecule has 20 heavy (non-hydrogen) atoms. The molecule has 1 saturated carbocycles. The zero-order valence-electron chi connectivity index (χ0n) is 12.4. The maximum atomic E-state index is 12.6. The van der Waals surface area contributed by atoms with E-state index in [-0.39, 0.29) is 5.91 Å². The topological polar surface area (TPSA) is 46.3 Å². The fraction of sp³-hybridized carbons (Fsp3) is 0.733. The summed E-state index contributed by atoms with van der Waals surface area (Å²) in [5.41, 5.74) is 0.764. The Morgan fingerprint density at radius 1 is 1.45 bits per heavy atom. The molecule has 1 aromatic heterocycles. The first-order chi connectivity index (χ1) is 9.72. The lowest BCUT2D eigenvalue weighted by molar-refractivity contribution is 0.0608. The van der Waals surface area contributed by atoms with Crippen molar-refractivity contribution in [2.24, 2.45) is 0 Å². The number of hydrogen-bond acceptors (Lipinski definition) is 4. The molecule has 0 aromatic carbocycles. The number of carbonyl (C=O) groups is 1. The minimum absolute atomic E-state index is 0.00852. The molecule has 0 aliphatic heterocycles. The molecule has 5 heteroatoms. The molecule has 0 spiro atoms. The summed E-state index contributed by atoms with van der Waals surface area (Å²) in [6, 6.07) is 2.12. The van der Waals surface area contributed by atoms with Crippen LogP contribution in [0.1, 0.15) is 55.3 Å². The number of nitrogens with zero attached hydrogens (tertiary/aromatic N) is 2. The molecule has 0 saturated heterocycles. The van der Waals surface area contributed by atoms with E-state index < -0.39 is 0 Å². The molecule has 1 amide bonds. The van der Waals surface area contributed by atoms with Crippen LogP contribution < -0.4 is 0 Å². The van der Waals surface area contributed by atoms with Gasteiger partial charge in [-0.1, -0.05) is 31.3 Å². The van der Waals surface area contributed by atoms with Gasteiger partial charge in [0.1, 0.15) is 0 Å². The summed E-state index contributed by atoms with van der Waals surface area (Å²) in [5.74, 6) is 2.48. The molecule has 4 nitrogen and oxygen atoms in total. The molecule has 1 fully saturated rings. The standard InChI is InChI=1S/C15H24N2O2S/c1-3-20-10-9-17(13-7-5-4-6-8-13)15(18)14-11-12(2)16-19-14/h11,13H,3-10H2,1-2H3. The van der Waals surface area contributed by atoms with Crippen LogP contribution in [0.25, 0.3) is 0 Å². The molecule has 1 aliphatic carbocycles. The van der Waals surface area contributed by atoms with E-state index in [0.717, 1.165) is 36.6 Å². The molecule has 0 bridgehead atoms. The molecule has 0 N–H and O–H groups in total. The fourth-order valence-corrected chi connectivity index (χ4v) is 3.37. The number of rotatable bonds is 6. The number of thioether (sulfide) groups is 1. The van der Waals surface area contributed by atoms with E-state index in [0.29, 0.717) is 11.8 Å². The highest BCUT2D eigenvalue weighted by Gasteiger charge is 2.28. The second kappa shape index (κ2) is 7.72. The average Bonchev–Trinajstić information content (AvgIpc) is 2.91. The van der Waals surface area contributed by atoms with E-state index in [2.05, 4.69) is 12.1 Å². The van der Waals surface area contributed by atoms with Gasteiger partial charge in [-0.2, -0.15) is 11.8 Å². The van der Waals surface area contributed by atoms with Gasteiger partial charge in [0, 0.05) is 24.4 Å². The number of hydrogen-bond donors (Lipinski definition) is 0. The Bertz CT molecular complexity index is 427. The zero-order valence-corrected chi connectivity index (χ0v) is 13.2. The van der Waals surface area contributed by atoms with Crippen LogP contribution in [0.4, 0.5) is 0 Å². The molecular weight excluding hydrogens is 272 g/mol. The van der Waals surface area contributed by atoms with Crippen LogP contribution >= 0.6 is 11.8 Å². The van der Waals surface area contributed by atoms with Crippen molar-refractivity contribution in [3.8, 4) is 0 Å². The first kappa shape index (κ1) is 15.4. The molecule has 0 unspecified atom stereocenters. The Balaban J connectivity index is 2.05. The largest absolute Gasteiger partial charge is 0.351 e. The molecule has 0 atom stereocenters. The highest BCUT2D eigenvalue weighted by atomic mass is 32.2. The second-order valence-corrected chi connectivity index (χ2v) is 6.71. The van der Waals surface area contributed by atoms with E-state index in [1.165, 1.54) is 19.3 Å². The molecule has 0 radical (unpaired) electrons. The Morgan fingerprint density at radius 3 is 2.80 bits per heavy atom. The van der Waals surface area contributed by atoms with Crippen LogP contribution in [0, 0.1) is 6.92 Å². The highest BCUT2D eigenvalue weighted by molar-refractivity contribution is 7.99. The van der Waals surface area contributed by atoms with Crippen LogP contribution in [0.3, 0.4) is 0 Å². The lowest BCUT2D eigenvalue weighted by Gasteiger charge is -2.33. The Kier molecular flexibility index (Phi) is 5.95. The maximum Gasteiger partial charge on any atom is 0.292 e. The van der Waals surface area contributed by atoms with Crippen LogP contribution in [-0.4, -0.2) is 40.1 Å². The highest BCUT2D eigenvalue weighted by Crippen LogP contribution is 2.24. The monoisotopic (exact) mass is 296 g/mol. The van der Waals surface area contributed by atoms with Crippen molar-refractivity contribution in [3.63, 3.8) is 0 Å². The molecule has 1 aromatic rings. The Hall–Kier alpha value is -0.970. The maximum absolute atomic E-state index is 12.6. The summed E-state index contributed by atoms with van der Waals surface area (Å²) >= 11 is 1.88. The van der Waals surface area contributed by atoms with Crippen LogP contribution in [0.2, 0.25) is 0 Å². The fourth-order valence-electron chi connectivity index (χ4n) is 2.76. The average molecular weight is 296 g/mol. The van der Waals surface area contributed by atoms with Gasteiger partial charge in [-0.05, 0) is 25.5 Å². The second-order valence-electron chi connectivity index (χ2n) is 5.32. The quantitative estimate of drug-likeness (QED) is 0.754. The van der Waals surface area contributed by atoms with Gasteiger partial charge in [0.2, 0.25) is 5.76 Å². The summed E-state index contributed by atoms with van der Waals surface area (Å²) in [5, 5.41) is 3.83. The molecule has 1 heterocycles. The van der Waals surface area contributed by atoms with Crippen molar-refractivity contribution in [2.45, 2.75) is 52.0 Å². The minimum Gasteiger partial charge on any atom is -0.351 e. The number of carbonyl (C=O) groups excluding carboxylic acids is 1. The predicted molar refractivity (Wildman–Crippen MR) is 82.1 cm³/mol. The molecular formula is C15H24N2O2S. The van der Waals surface area contributed by atoms with Gasteiger partial charge in [0.15, 0.2) is 0 Å². The minimum atomic E-state index is 0.00852. The molecule has 112 valence electrons. The van der Waals surface area contributed by atoms with E-state index in [1.807, 2.05) is 23.6 Å². The van der Waals surface area contributed by atoms with Crippen molar-refractivity contribution < 1.29 is 9.32 Å². The predicted octanol–water partition coefficient (Wildman–Crippen LogP) is 3.51. The van der Waals surface area contributed by atoms with Crippen LogP contribution in [-0.2, 0) is 0 Å². The summed E-state index contributed by atoms with van der Waals surface area (Å²) in [6.07, 6.45) is 5.99. The summed E-state index contributed by atoms with van der Waals surface area (Å²) in [4.78, 5) is 14.7. The van der Waals surface area contributed by atoms with E-state index in [1.54, 1.807) is 6.07 Å². The lowest BCUT2D eigenvalue weighted by atomic mass is 9.94.